The van der Waals surface area contributed by atoms with E-state index in [1.54, 1.807) is 12.1 Å². The summed E-state index contributed by atoms with van der Waals surface area (Å²) in [5, 5.41) is 2.46. The van der Waals surface area contributed by atoms with Gasteiger partial charge in [-0.15, -0.1) is 11.3 Å². The average molecular weight is 393 g/mol. The lowest BCUT2D eigenvalue weighted by atomic mass is 10.1. The molecule has 4 nitrogen and oxygen atoms in total. The van der Waals surface area contributed by atoms with E-state index in [2.05, 4.69) is 33.9 Å². The van der Waals surface area contributed by atoms with E-state index < -0.39 is 0 Å². The van der Waals surface area contributed by atoms with Gasteiger partial charge in [-0.2, -0.15) is 0 Å². The first-order valence-corrected chi connectivity index (χ1v) is 9.92. The van der Waals surface area contributed by atoms with Crippen molar-refractivity contribution in [3.8, 4) is 11.1 Å². The highest BCUT2D eigenvalue weighted by Crippen LogP contribution is 2.31. The Balaban J connectivity index is 1.63. The molecule has 0 amide bonds. The van der Waals surface area contributed by atoms with Crippen LogP contribution in [0.3, 0.4) is 0 Å². The van der Waals surface area contributed by atoms with Crippen LogP contribution in [0.1, 0.15) is 24.4 Å². The van der Waals surface area contributed by atoms with Gasteiger partial charge in [-0.05, 0) is 37.2 Å². The molecule has 0 radical (unpaired) electrons. The number of hydrogen-bond donors (Lipinski definition) is 1. The molecule has 28 heavy (non-hydrogen) atoms. The maximum Gasteiger partial charge on any atom is 0.260 e. The smallest absolute Gasteiger partial charge is 0.260 e. The number of nitrogens with one attached hydrogen (secondary N) is 1. The Kier molecular flexibility index (Phi) is 5.07. The Hall–Kier alpha value is -2.83. The summed E-state index contributed by atoms with van der Waals surface area (Å²) in [5.41, 5.74) is 2.64. The molecular weight excluding hydrogens is 373 g/mol. The fourth-order valence-electron chi connectivity index (χ4n) is 3.27. The van der Waals surface area contributed by atoms with Gasteiger partial charge in [0, 0.05) is 17.0 Å². The monoisotopic (exact) mass is 393 g/mol. The molecule has 0 saturated carbocycles. The highest BCUT2D eigenvalue weighted by atomic mass is 32.1. The number of fused-ring (bicyclic) bond motifs is 1. The average Bonchev–Trinajstić information content (AvgIpc) is 3.13. The van der Waals surface area contributed by atoms with Crippen molar-refractivity contribution in [1.82, 2.24) is 14.9 Å². The van der Waals surface area contributed by atoms with E-state index in [1.807, 2.05) is 30.6 Å². The Morgan fingerprint density at radius 1 is 1.14 bits per heavy atom. The van der Waals surface area contributed by atoms with Gasteiger partial charge in [0.05, 0.1) is 11.9 Å². The summed E-state index contributed by atoms with van der Waals surface area (Å²) in [6, 6.07) is 16.6. The van der Waals surface area contributed by atoms with Crippen LogP contribution in [0.2, 0.25) is 0 Å². The van der Waals surface area contributed by atoms with Crippen LogP contribution >= 0.6 is 11.3 Å². The Labute approximate surface area is 166 Å². The summed E-state index contributed by atoms with van der Waals surface area (Å²) >= 11 is 1.43. The summed E-state index contributed by atoms with van der Waals surface area (Å²) in [4.78, 5) is 23.2. The highest BCUT2D eigenvalue weighted by molar-refractivity contribution is 7.17. The zero-order valence-electron chi connectivity index (χ0n) is 15.6. The van der Waals surface area contributed by atoms with Crippen LogP contribution in [0.15, 0.2) is 64.8 Å². The standard InChI is InChI=1S/C22H20FN3OS/c1-14(15-6-4-3-5-7-15)26(2)12-19-24-21(27)20-18(13-28-22(20)25-19)16-8-10-17(23)11-9-16/h3-11,13-14H,12H2,1-2H3,(H,24,25,27)/t14-/m1/s1. The summed E-state index contributed by atoms with van der Waals surface area (Å²) in [6.07, 6.45) is 0. The predicted molar refractivity (Wildman–Crippen MR) is 112 cm³/mol. The van der Waals surface area contributed by atoms with Gasteiger partial charge in [-0.1, -0.05) is 42.5 Å². The van der Waals surface area contributed by atoms with E-state index in [0.717, 1.165) is 11.1 Å². The normalized spacial score (nSPS) is 12.6. The molecule has 142 valence electrons. The molecule has 6 heteroatoms. The Morgan fingerprint density at radius 2 is 1.86 bits per heavy atom. The maximum absolute atomic E-state index is 13.2. The van der Waals surface area contributed by atoms with Gasteiger partial charge in [0.25, 0.3) is 5.56 Å². The fraction of sp³-hybridized carbons (Fsp3) is 0.182. The van der Waals surface area contributed by atoms with Crippen molar-refractivity contribution in [3.63, 3.8) is 0 Å². The third-order valence-electron chi connectivity index (χ3n) is 4.99. The highest BCUT2D eigenvalue weighted by Gasteiger charge is 2.16. The number of rotatable bonds is 5. The molecule has 2 aromatic heterocycles. The minimum atomic E-state index is -0.298. The molecule has 4 rings (SSSR count). The van der Waals surface area contributed by atoms with E-state index in [1.165, 1.54) is 29.0 Å². The Morgan fingerprint density at radius 3 is 2.57 bits per heavy atom. The lowest BCUT2D eigenvalue weighted by molar-refractivity contribution is 0.247. The number of aromatic amines is 1. The van der Waals surface area contributed by atoms with Crippen molar-refractivity contribution in [2.45, 2.75) is 19.5 Å². The molecule has 0 fully saturated rings. The molecule has 4 aromatic rings. The van der Waals surface area contributed by atoms with Crippen LogP contribution in [0.4, 0.5) is 4.39 Å². The second kappa shape index (κ2) is 7.66. The van der Waals surface area contributed by atoms with Crippen molar-refractivity contribution in [3.05, 3.63) is 87.5 Å². The SMILES string of the molecule is C[C@H](c1ccccc1)N(C)Cc1nc2scc(-c3ccc(F)cc3)c2c(=O)[nH]1. The second-order valence-corrected chi connectivity index (χ2v) is 7.71. The van der Waals surface area contributed by atoms with Gasteiger partial charge in [0.15, 0.2) is 0 Å². The van der Waals surface area contributed by atoms with Crippen LogP contribution in [0, 0.1) is 5.82 Å². The van der Waals surface area contributed by atoms with Crippen LogP contribution in [-0.2, 0) is 6.54 Å². The molecule has 0 unspecified atom stereocenters. The van der Waals surface area contributed by atoms with Gasteiger partial charge in [0.2, 0.25) is 0 Å². The third kappa shape index (κ3) is 3.61. The number of thiophene rings is 1. The number of aromatic nitrogens is 2. The quantitative estimate of drug-likeness (QED) is 0.520. The minimum Gasteiger partial charge on any atom is -0.309 e. The van der Waals surface area contributed by atoms with Crippen molar-refractivity contribution >= 4 is 21.6 Å². The summed E-state index contributed by atoms with van der Waals surface area (Å²) in [6.45, 7) is 2.66. The van der Waals surface area contributed by atoms with Crippen molar-refractivity contribution in [2.24, 2.45) is 0 Å². The first-order chi connectivity index (χ1) is 13.5. The number of benzene rings is 2. The number of H-pyrrole nitrogens is 1. The molecule has 1 N–H and O–H groups in total. The minimum absolute atomic E-state index is 0.165. The topological polar surface area (TPSA) is 49.0 Å². The van der Waals surface area contributed by atoms with Crippen LogP contribution < -0.4 is 5.56 Å². The molecule has 1 atom stereocenters. The van der Waals surface area contributed by atoms with E-state index in [9.17, 15) is 9.18 Å². The largest absolute Gasteiger partial charge is 0.309 e. The zero-order valence-corrected chi connectivity index (χ0v) is 16.5. The second-order valence-electron chi connectivity index (χ2n) is 6.85. The fourth-order valence-corrected chi connectivity index (χ4v) is 4.24. The molecule has 2 aromatic carbocycles. The van der Waals surface area contributed by atoms with Gasteiger partial charge < -0.3 is 4.98 Å². The molecule has 0 aliphatic heterocycles. The summed E-state index contributed by atoms with van der Waals surface area (Å²) in [5.74, 6) is 0.337. The molecule has 0 aliphatic rings. The maximum atomic E-state index is 13.2. The van der Waals surface area contributed by atoms with Crippen molar-refractivity contribution in [1.29, 1.82) is 0 Å². The predicted octanol–water partition coefficient (Wildman–Crippen LogP) is 4.98. The molecule has 2 heterocycles. The van der Waals surface area contributed by atoms with Crippen LogP contribution in [0.25, 0.3) is 21.3 Å². The van der Waals surface area contributed by atoms with Crippen LogP contribution in [-0.4, -0.2) is 21.9 Å². The van der Waals surface area contributed by atoms with E-state index in [-0.39, 0.29) is 17.4 Å². The molecule has 0 bridgehead atoms. The zero-order chi connectivity index (χ0) is 19.7. The molecule has 0 saturated heterocycles. The van der Waals surface area contributed by atoms with Gasteiger partial charge >= 0.3 is 0 Å². The lowest BCUT2D eigenvalue weighted by Crippen LogP contribution is -2.24. The first-order valence-electron chi connectivity index (χ1n) is 9.04. The third-order valence-corrected chi connectivity index (χ3v) is 5.86. The number of hydrogen-bond acceptors (Lipinski definition) is 4. The van der Waals surface area contributed by atoms with E-state index in [4.69, 9.17) is 0 Å². The van der Waals surface area contributed by atoms with Crippen LogP contribution in [0.5, 0.6) is 0 Å². The summed E-state index contributed by atoms with van der Waals surface area (Å²) < 4.78 is 13.2. The van der Waals surface area contributed by atoms with Gasteiger partial charge in [0.1, 0.15) is 16.5 Å². The molecular formula is C22H20FN3OS. The van der Waals surface area contributed by atoms with Crippen molar-refractivity contribution in [2.75, 3.05) is 7.05 Å². The molecule has 0 aliphatic carbocycles. The molecule has 0 spiro atoms. The van der Waals surface area contributed by atoms with Gasteiger partial charge in [-0.3, -0.25) is 9.69 Å². The van der Waals surface area contributed by atoms with Gasteiger partial charge in [-0.25, -0.2) is 9.37 Å². The summed E-state index contributed by atoms with van der Waals surface area (Å²) in [7, 11) is 2.01. The van der Waals surface area contributed by atoms with Crippen molar-refractivity contribution < 1.29 is 4.39 Å². The number of nitrogens with zero attached hydrogens (tertiary/aromatic N) is 2. The lowest BCUT2D eigenvalue weighted by Gasteiger charge is -2.24. The Bertz CT molecular complexity index is 1150. The van der Waals surface area contributed by atoms with E-state index >= 15 is 0 Å². The van der Waals surface area contributed by atoms with E-state index in [0.29, 0.717) is 22.6 Å². The number of halogens is 1. The first kappa shape index (κ1) is 18.5.